The molecule has 0 N–H and O–H groups in total. The fourth-order valence-corrected chi connectivity index (χ4v) is 0.804. The van der Waals surface area contributed by atoms with E-state index in [4.69, 9.17) is 0 Å². The second-order valence-corrected chi connectivity index (χ2v) is 2.31. The van der Waals surface area contributed by atoms with E-state index in [0.29, 0.717) is 0 Å². The van der Waals surface area contributed by atoms with Crippen LogP contribution < -0.4 is 0 Å². The molecule has 0 rings (SSSR count). The molecule has 0 fully saturated rings. The molecule has 0 nitrogen and oxygen atoms in total. The molecule has 0 aliphatic carbocycles. The number of hydrogen-bond acceptors (Lipinski definition) is 0. The van der Waals surface area contributed by atoms with Crippen LogP contribution in [0.5, 0.6) is 0 Å². The van der Waals surface area contributed by atoms with Gasteiger partial charge in [-0.15, -0.1) is 18.4 Å². The SMILES string of the molecule is C=CCCCCCC#CC. The molecule has 0 aliphatic heterocycles. The summed E-state index contributed by atoms with van der Waals surface area (Å²) in [5.74, 6) is 5.94. The van der Waals surface area contributed by atoms with Crippen LogP contribution in [-0.2, 0) is 0 Å². The van der Waals surface area contributed by atoms with Crippen LogP contribution in [0.4, 0.5) is 0 Å². The van der Waals surface area contributed by atoms with Gasteiger partial charge in [-0.1, -0.05) is 12.5 Å². The highest BCUT2D eigenvalue weighted by atomic mass is 13.9. The van der Waals surface area contributed by atoms with Crippen molar-refractivity contribution in [2.24, 2.45) is 0 Å². The molecule has 0 amide bonds. The minimum absolute atomic E-state index is 1.06. The third-order valence-corrected chi connectivity index (χ3v) is 1.39. The Hall–Kier alpha value is -0.700. The van der Waals surface area contributed by atoms with E-state index in [1.165, 1.54) is 19.3 Å². The zero-order chi connectivity index (χ0) is 7.66. The zero-order valence-corrected chi connectivity index (χ0v) is 6.82. The highest BCUT2D eigenvalue weighted by molar-refractivity contribution is 4.94. The molecule has 0 heteroatoms. The minimum atomic E-state index is 1.06. The first-order valence-electron chi connectivity index (χ1n) is 3.92. The summed E-state index contributed by atoms with van der Waals surface area (Å²) in [6.07, 6.45) is 8.00. The first kappa shape index (κ1) is 9.30. The Kier molecular flexibility index (Phi) is 7.72. The van der Waals surface area contributed by atoms with Crippen LogP contribution in [-0.4, -0.2) is 0 Å². The Morgan fingerprint density at radius 3 is 2.70 bits per heavy atom. The van der Waals surface area contributed by atoms with Crippen molar-refractivity contribution in [3.8, 4) is 11.8 Å². The molecular weight excluding hydrogens is 120 g/mol. The fraction of sp³-hybridized carbons (Fsp3) is 0.600. The van der Waals surface area contributed by atoms with Crippen molar-refractivity contribution in [1.82, 2.24) is 0 Å². The molecule has 0 aliphatic rings. The summed E-state index contributed by atoms with van der Waals surface area (Å²) in [7, 11) is 0. The second kappa shape index (κ2) is 8.30. The van der Waals surface area contributed by atoms with E-state index in [9.17, 15) is 0 Å². The van der Waals surface area contributed by atoms with Crippen LogP contribution in [0, 0.1) is 11.8 Å². The lowest BCUT2D eigenvalue weighted by molar-refractivity contribution is 0.703. The van der Waals surface area contributed by atoms with Crippen molar-refractivity contribution >= 4 is 0 Å². The molecule has 0 atom stereocenters. The third kappa shape index (κ3) is 7.30. The summed E-state index contributed by atoms with van der Waals surface area (Å²) < 4.78 is 0. The summed E-state index contributed by atoms with van der Waals surface area (Å²) in [6, 6.07) is 0. The average Bonchev–Trinajstić information content (AvgIpc) is 1.97. The van der Waals surface area contributed by atoms with Crippen molar-refractivity contribution in [1.29, 1.82) is 0 Å². The maximum atomic E-state index is 3.67. The highest BCUT2D eigenvalue weighted by Gasteiger charge is 1.83. The summed E-state index contributed by atoms with van der Waals surface area (Å²) in [5, 5.41) is 0. The van der Waals surface area contributed by atoms with Gasteiger partial charge in [0.2, 0.25) is 0 Å². The Bertz CT molecular complexity index is 123. The highest BCUT2D eigenvalue weighted by Crippen LogP contribution is 2.01. The average molecular weight is 136 g/mol. The Morgan fingerprint density at radius 1 is 1.30 bits per heavy atom. The van der Waals surface area contributed by atoms with E-state index in [1.807, 2.05) is 13.0 Å². The lowest BCUT2D eigenvalue weighted by atomic mass is 10.1. The van der Waals surface area contributed by atoms with Crippen molar-refractivity contribution in [3.05, 3.63) is 12.7 Å². The Labute approximate surface area is 64.3 Å². The normalized spacial score (nSPS) is 8.10. The lowest BCUT2D eigenvalue weighted by Crippen LogP contribution is -1.73. The molecule has 0 saturated carbocycles. The maximum Gasteiger partial charge on any atom is 0.00885 e. The predicted octanol–water partition coefficient (Wildman–Crippen LogP) is 3.15. The van der Waals surface area contributed by atoms with Gasteiger partial charge >= 0.3 is 0 Å². The van der Waals surface area contributed by atoms with E-state index in [2.05, 4.69) is 18.4 Å². The van der Waals surface area contributed by atoms with Gasteiger partial charge in [0.1, 0.15) is 0 Å². The number of hydrogen-bond donors (Lipinski definition) is 0. The Balaban J connectivity index is 2.88. The van der Waals surface area contributed by atoms with Crippen LogP contribution in [0.2, 0.25) is 0 Å². The van der Waals surface area contributed by atoms with Gasteiger partial charge in [-0.05, 0) is 26.2 Å². The van der Waals surface area contributed by atoms with Crippen LogP contribution in [0.15, 0.2) is 12.7 Å². The van der Waals surface area contributed by atoms with Gasteiger partial charge in [-0.25, -0.2) is 0 Å². The lowest BCUT2D eigenvalue weighted by Gasteiger charge is -1.91. The standard InChI is InChI=1S/C10H16/c1-3-5-7-9-10-8-6-4-2/h3H,1,5,7-10H2,2H3. The quantitative estimate of drug-likeness (QED) is 0.309. The topological polar surface area (TPSA) is 0 Å². The van der Waals surface area contributed by atoms with Crippen LogP contribution >= 0.6 is 0 Å². The maximum absolute atomic E-state index is 3.67. The summed E-state index contributed by atoms with van der Waals surface area (Å²) in [5.41, 5.74) is 0. The monoisotopic (exact) mass is 136 g/mol. The van der Waals surface area contributed by atoms with Crippen molar-refractivity contribution in [2.45, 2.75) is 39.0 Å². The second-order valence-electron chi connectivity index (χ2n) is 2.31. The summed E-state index contributed by atoms with van der Waals surface area (Å²) in [6.45, 7) is 5.56. The van der Waals surface area contributed by atoms with Gasteiger partial charge < -0.3 is 0 Å². The van der Waals surface area contributed by atoms with Crippen LogP contribution in [0.3, 0.4) is 0 Å². The summed E-state index contributed by atoms with van der Waals surface area (Å²) >= 11 is 0. The molecule has 0 radical (unpaired) electrons. The van der Waals surface area contributed by atoms with Gasteiger partial charge in [0.25, 0.3) is 0 Å². The summed E-state index contributed by atoms with van der Waals surface area (Å²) in [4.78, 5) is 0. The molecular formula is C10H16. The van der Waals surface area contributed by atoms with E-state index in [0.717, 1.165) is 12.8 Å². The molecule has 0 saturated heterocycles. The van der Waals surface area contributed by atoms with Gasteiger partial charge in [-0.3, -0.25) is 0 Å². The number of allylic oxidation sites excluding steroid dienone is 1. The first-order chi connectivity index (χ1) is 4.91. The van der Waals surface area contributed by atoms with Crippen LogP contribution in [0.25, 0.3) is 0 Å². The van der Waals surface area contributed by atoms with Gasteiger partial charge in [0.15, 0.2) is 0 Å². The molecule has 0 heterocycles. The molecule has 56 valence electrons. The van der Waals surface area contributed by atoms with Gasteiger partial charge in [-0.2, -0.15) is 0 Å². The first-order valence-corrected chi connectivity index (χ1v) is 3.92. The largest absolute Gasteiger partial charge is 0.107 e. The molecule has 0 unspecified atom stereocenters. The van der Waals surface area contributed by atoms with Crippen molar-refractivity contribution in [2.75, 3.05) is 0 Å². The third-order valence-electron chi connectivity index (χ3n) is 1.39. The number of unbranched alkanes of at least 4 members (excludes halogenated alkanes) is 4. The molecule has 10 heavy (non-hydrogen) atoms. The molecule has 0 bridgehead atoms. The van der Waals surface area contributed by atoms with Crippen LogP contribution in [0.1, 0.15) is 39.0 Å². The predicted molar refractivity (Wildman–Crippen MR) is 46.7 cm³/mol. The molecule has 0 aromatic rings. The Morgan fingerprint density at radius 2 is 2.10 bits per heavy atom. The molecule has 0 spiro atoms. The fourth-order valence-electron chi connectivity index (χ4n) is 0.804. The molecule has 0 aromatic heterocycles. The van der Waals surface area contributed by atoms with Crippen molar-refractivity contribution < 1.29 is 0 Å². The minimum Gasteiger partial charge on any atom is -0.107 e. The smallest absolute Gasteiger partial charge is 0.00885 e. The van der Waals surface area contributed by atoms with E-state index >= 15 is 0 Å². The van der Waals surface area contributed by atoms with Gasteiger partial charge in [0, 0.05) is 6.42 Å². The van der Waals surface area contributed by atoms with Gasteiger partial charge in [0.05, 0.1) is 0 Å². The van der Waals surface area contributed by atoms with E-state index in [-0.39, 0.29) is 0 Å². The van der Waals surface area contributed by atoms with E-state index in [1.54, 1.807) is 0 Å². The van der Waals surface area contributed by atoms with E-state index < -0.39 is 0 Å². The van der Waals surface area contributed by atoms with Crippen molar-refractivity contribution in [3.63, 3.8) is 0 Å². The zero-order valence-electron chi connectivity index (χ0n) is 6.82. The molecule has 0 aromatic carbocycles. The number of rotatable bonds is 5.